The number of esters is 1. The van der Waals surface area contributed by atoms with E-state index in [-0.39, 0.29) is 23.8 Å². The topological polar surface area (TPSA) is 101 Å². The molecule has 1 saturated heterocycles. The summed E-state index contributed by atoms with van der Waals surface area (Å²) < 4.78 is 5.06. The Balaban J connectivity index is 1.40. The van der Waals surface area contributed by atoms with Crippen molar-refractivity contribution >= 4 is 40.1 Å². The summed E-state index contributed by atoms with van der Waals surface area (Å²) in [5, 5.41) is 7.77. The third-order valence-corrected chi connectivity index (χ3v) is 5.67. The largest absolute Gasteiger partial charge is 0.466 e. The van der Waals surface area contributed by atoms with Crippen LogP contribution in [0, 0.1) is 5.92 Å². The number of aryl methyl sites for hydroxylation is 1. The fraction of sp³-hybridized carbons (Fsp3) is 0.429. The van der Waals surface area contributed by atoms with Gasteiger partial charge in [0.05, 0.1) is 18.2 Å². The maximum Gasteiger partial charge on any atom is 0.325 e. The van der Waals surface area contributed by atoms with Gasteiger partial charge in [0.15, 0.2) is 5.13 Å². The minimum atomic E-state index is -0.359. The number of carbonyl (C=O) groups excluding carboxylic acids is 3. The van der Waals surface area contributed by atoms with Gasteiger partial charge in [-0.15, -0.1) is 11.3 Å². The molecule has 3 rings (SSSR count). The summed E-state index contributed by atoms with van der Waals surface area (Å²) in [6.45, 7) is 3.33. The molecular weight excluding hydrogens is 404 g/mol. The van der Waals surface area contributed by atoms with Gasteiger partial charge in [0, 0.05) is 30.6 Å². The Morgan fingerprint density at radius 3 is 2.60 bits per heavy atom. The van der Waals surface area contributed by atoms with E-state index < -0.39 is 0 Å². The highest BCUT2D eigenvalue weighted by Crippen LogP contribution is 2.21. The highest BCUT2D eigenvalue weighted by Gasteiger charge is 2.28. The number of anilines is 2. The van der Waals surface area contributed by atoms with Gasteiger partial charge in [0.1, 0.15) is 0 Å². The van der Waals surface area contributed by atoms with Crippen molar-refractivity contribution < 1.29 is 19.1 Å². The van der Waals surface area contributed by atoms with Gasteiger partial charge in [-0.25, -0.2) is 9.78 Å². The van der Waals surface area contributed by atoms with Crippen molar-refractivity contribution in [1.29, 1.82) is 0 Å². The molecule has 0 saturated carbocycles. The average Bonchev–Trinajstić information content (AvgIpc) is 3.20. The van der Waals surface area contributed by atoms with Crippen LogP contribution < -0.4 is 10.6 Å². The number of amides is 3. The minimum absolute atomic E-state index is 0.0571. The first-order valence-corrected chi connectivity index (χ1v) is 10.9. The molecule has 0 bridgehead atoms. The van der Waals surface area contributed by atoms with Crippen molar-refractivity contribution in [2.45, 2.75) is 32.6 Å². The number of hydrogen-bond acceptors (Lipinski definition) is 6. The van der Waals surface area contributed by atoms with E-state index in [1.165, 1.54) is 11.3 Å². The number of ether oxygens (including phenoxy) is 1. The summed E-state index contributed by atoms with van der Waals surface area (Å²) in [4.78, 5) is 42.5. The SMILES string of the molecule is CCOC(=O)C1CCN(C(=O)CCc2csc(NC(=O)Nc3ccccc3)n2)CC1. The predicted octanol–water partition coefficient (Wildman–Crippen LogP) is 3.52. The smallest absolute Gasteiger partial charge is 0.325 e. The Kier molecular flexibility index (Phi) is 7.78. The summed E-state index contributed by atoms with van der Waals surface area (Å²) in [7, 11) is 0. The Labute approximate surface area is 179 Å². The molecule has 1 aliphatic rings. The van der Waals surface area contributed by atoms with Crippen LogP contribution in [-0.4, -0.2) is 47.5 Å². The van der Waals surface area contributed by atoms with Gasteiger partial charge < -0.3 is 15.0 Å². The van der Waals surface area contributed by atoms with E-state index in [2.05, 4.69) is 15.6 Å². The molecule has 8 nitrogen and oxygen atoms in total. The maximum absolute atomic E-state index is 12.5. The molecule has 0 aliphatic carbocycles. The molecule has 9 heteroatoms. The van der Waals surface area contributed by atoms with Gasteiger partial charge in [-0.05, 0) is 38.3 Å². The number of nitrogens with zero attached hydrogens (tertiary/aromatic N) is 2. The van der Waals surface area contributed by atoms with Gasteiger partial charge >= 0.3 is 12.0 Å². The number of thiazole rings is 1. The van der Waals surface area contributed by atoms with Crippen LogP contribution in [-0.2, 0) is 20.7 Å². The second-order valence-electron chi connectivity index (χ2n) is 7.00. The molecule has 1 fully saturated rings. The van der Waals surface area contributed by atoms with E-state index in [4.69, 9.17) is 4.74 Å². The quantitative estimate of drug-likeness (QED) is 0.655. The van der Waals surface area contributed by atoms with Crippen LogP contribution in [0.2, 0.25) is 0 Å². The summed E-state index contributed by atoms with van der Waals surface area (Å²) in [5.74, 6) is -0.215. The molecule has 2 aromatic rings. The van der Waals surface area contributed by atoms with Crippen molar-refractivity contribution in [1.82, 2.24) is 9.88 Å². The molecule has 1 aromatic heterocycles. The highest BCUT2D eigenvalue weighted by atomic mass is 32.1. The number of para-hydroxylation sites is 1. The van der Waals surface area contributed by atoms with Crippen molar-refractivity contribution in [3.8, 4) is 0 Å². The third kappa shape index (κ3) is 6.28. The second-order valence-corrected chi connectivity index (χ2v) is 7.85. The molecule has 1 aliphatic heterocycles. The minimum Gasteiger partial charge on any atom is -0.466 e. The first-order chi connectivity index (χ1) is 14.5. The lowest BCUT2D eigenvalue weighted by Gasteiger charge is -2.30. The molecular formula is C21H26N4O4S. The van der Waals surface area contributed by atoms with Crippen LogP contribution in [0.4, 0.5) is 15.6 Å². The summed E-state index contributed by atoms with van der Waals surface area (Å²) in [6.07, 6.45) is 2.15. The van der Waals surface area contributed by atoms with Crippen molar-refractivity contribution in [2.75, 3.05) is 30.3 Å². The molecule has 30 heavy (non-hydrogen) atoms. The lowest BCUT2D eigenvalue weighted by atomic mass is 9.96. The number of hydrogen-bond donors (Lipinski definition) is 2. The van der Waals surface area contributed by atoms with Crippen molar-refractivity contribution in [3.05, 3.63) is 41.4 Å². The molecule has 0 radical (unpaired) electrons. The molecule has 1 aromatic carbocycles. The Hall–Kier alpha value is -2.94. The number of benzene rings is 1. The van der Waals surface area contributed by atoms with Crippen molar-refractivity contribution in [2.24, 2.45) is 5.92 Å². The maximum atomic E-state index is 12.5. The van der Waals surface area contributed by atoms with Crippen LogP contribution >= 0.6 is 11.3 Å². The molecule has 2 heterocycles. The zero-order valence-electron chi connectivity index (χ0n) is 16.9. The van der Waals surface area contributed by atoms with Gasteiger partial charge in [-0.1, -0.05) is 18.2 Å². The summed E-state index contributed by atoms with van der Waals surface area (Å²) in [5.41, 5.74) is 1.47. The number of urea groups is 1. The molecule has 2 N–H and O–H groups in total. The van der Waals surface area contributed by atoms with Gasteiger partial charge in [-0.2, -0.15) is 0 Å². The molecule has 160 valence electrons. The number of rotatable bonds is 7. The first-order valence-electron chi connectivity index (χ1n) is 10.1. The Morgan fingerprint density at radius 1 is 1.17 bits per heavy atom. The first kappa shape index (κ1) is 21.8. The lowest BCUT2D eigenvalue weighted by Crippen LogP contribution is -2.40. The van der Waals surface area contributed by atoms with Gasteiger partial charge in [0.2, 0.25) is 5.91 Å². The van der Waals surface area contributed by atoms with E-state index in [1.807, 2.05) is 23.6 Å². The highest BCUT2D eigenvalue weighted by molar-refractivity contribution is 7.13. The fourth-order valence-corrected chi connectivity index (χ4v) is 4.02. The monoisotopic (exact) mass is 430 g/mol. The number of nitrogens with one attached hydrogen (secondary N) is 2. The molecule has 0 unspecified atom stereocenters. The molecule has 0 atom stereocenters. The standard InChI is InChI=1S/C21H26N4O4S/c1-2-29-19(27)15-10-12-25(13-11-15)18(26)9-8-17-14-30-21(23-17)24-20(28)22-16-6-4-3-5-7-16/h3-7,14-15H,2,8-13H2,1H3,(H2,22,23,24,28). The zero-order valence-corrected chi connectivity index (χ0v) is 17.7. The van der Waals surface area contributed by atoms with E-state index in [0.29, 0.717) is 56.2 Å². The van der Waals surface area contributed by atoms with E-state index >= 15 is 0 Å². The second kappa shape index (κ2) is 10.7. The van der Waals surface area contributed by atoms with Crippen LogP contribution in [0.25, 0.3) is 0 Å². The average molecular weight is 431 g/mol. The van der Waals surface area contributed by atoms with Gasteiger partial charge in [-0.3, -0.25) is 14.9 Å². The van der Waals surface area contributed by atoms with Gasteiger partial charge in [0.25, 0.3) is 0 Å². The van der Waals surface area contributed by atoms with Crippen LogP contribution in [0.1, 0.15) is 31.9 Å². The molecule has 3 amide bonds. The third-order valence-electron chi connectivity index (χ3n) is 4.87. The van der Waals surface area contributed by atoms with E-state index in [0.717, 1.165) is 5.69 Å². The number of carbonyl (C=O) groups is 3. The number of likely N-dealkylation sites (tertiary alicyclic amines) is 1. The lowest BCUT2D eigenvalue weighted by molar-refractivity contribution is -0.151. The Morgan fingerprint density at radius 2 is 1.90 bits per heavy atom. The zero-order chi connectivity index (χ0) is 21.3. The normalized spacial score (nSPS) is 14.2. The number of aromatic nitrogens is 1. The fourth-order valence-electron chi connectivity index (χ4n) is 3.28. The predicted molar refractivity (Wildman–Crippen MR) is 115 cm³/mol. The summed E-state index contributed by atoms with van der Waals surface area (Å²) >= 11 is 1.32. The summed E-state index contributed by atoms with van der Waals surface area (Å²) in [6, 6.07) is 8.80. The van der Waals surface area contributed by atoms with E-state index in [1.54, 1.807) is 24.0 Å². The Bertz CT molecular complexity index is 863. The van der Waals surface area contributed by atoms with Crippen LogP contribution in [0.5, 0.6) is 0 Å². The van der Waals surface area contributed by atoms with Crippen LogP contribution in [0.3, 0.4) is 0 Å². The van der Waals surface area contributed by atoms with Crippen LogP contribution in [0.15, 0.2) is 35.7 Å². The number of piperidine rings is 1. The van der Waals surface area contributed by atoms with Crippen molar-refractivity contribution in [3.63, 3.8) is 0 Å². The molecule has 0 spiro atoms. The van der Waals surface area contributed by atoms with E-state index in [9.17, 15) is 14.4 Å².